The Morgan fingerprint density at radius 3 is 1.93 bits per heavy atom. The van der Waals surface area contributed by atoms with E-state index in [-0.39, 0.29) is 6.10 Å². The summed E-state index contributed by atoms with van der Waals surface area (Å²) >= 11 is 0. The maximum absolute atomic E-state index is 13.3. The smallest absolute Gasteiger partial charge is 0.379 e. The van der Waals surface area contributed by atoms with Crippen LogP contribution in [0.2, 0.25) is 0 Å². The topological polar surface area (TPSA) is 44.8 Å². The van der Waals surface area contributed by atoms with Crippen LogP contribution in [0, 0.1) is 0 Å². The number of para-hydroxylation sites is 2. The van der Waals surface area contributed by atoms with Crippen LogP contribution in [0.4, 0.5) is 0 Å². The summed E-state index contributed by atoms with van der Waals surface area (Å²) in [5.41, 5.74) is 0. The average Bonchev–Trinajstić information content (AvgIpc) is 2.69. The SMILES string of the molecule is CCCCCCCCCCCOP(=O)(CCCC)Oc1ccccc1OC(C)C. The summed E-state index contributed by atoms with van der Waals surface area (Å²) in [6.07, 6.45) is 13.5. The number of rotatable bonds is 18. The molecule has 4 nitrogen and oxygen atoms in total. The van der Waals surface area contributed by atoms with Crippen LogP contribution in [0.15, 0.2) is 24.3 Å². The molecule has 1 rings (SSSR count). The van der Waals surface area contributed by atoms with Gasteiger partial charge < -0.3 is 9.26 Å². The highest BCUT2D eigenvalue weighted by Crippen LogP contribution is 2.51. The monoisotopic (exact) mass is 426 g/mol. The van der Waals surface area contributed by atoms with Gasteiger partial charge in [-0.05, 0) is 38.8 Å². The van der Waals surface area contributed by atoms with Crippen LogP contribution >= 0.6 is 7.60 Å². The summed E-state index contributed by atoms with van der Waals surface area (Å²) in [5.74, 6) is 1.12. The van der Waals surface area contributed by atoms with Crippen molar-refractivity contribution in [3.05, 3.63) is 24.3 Å². The Kier molecular flexibility index (Phi) is 14.2. The Morgan fingerprint density at radius 2 is 1.34 bits per heavy atom. The molecule has 5 heteroatoms. The van der Waals surface area contributed by atoms with Crippen LogP contribution in [0.3, 0.4) is 0 Å². The second-order valence-electron chi connectivity index (χ2n) is 8.05. The van der Waals surface area contributed by atoms with Crippen molar-refractivity contribution < 1.29 is 18.3 Å². The molecule has 0 saturated carbocycles. The molecule has 0 aromatic heterocycles. The fourth-order valence-corrected chi connectivity index (χ4v) is 4.97. The lowest BCUT2D eigenvalue weighted by Gasteiger charge is -2.21. The van der Waals surface area contributed by atoms with Crippen molar-refractivity contribution in [3.8, 4) is 11.5 Å². The maximum Gasteiger partial charge on any atom is 0.379 e. The first kappa shape index (κ1) is 26.0. The molecule has 0 fully saturated rings. The number of unbranched alkanes of at least 4 members (excludes halogenated alkanes) is 9. The van der Waals surface area contributed by atoms with E-state index in [1.54, 1.807) is 6.07 Å². The lowest BCUT2D eigenvalue weighted by molar-refractivity contribution is 0.225. The van der Waals surface area contributed by atoms with Gasteiger partial charge in [0.25, 0.3) is 0 Å². The number of ether oxygens (including phenoxy) is 1. The number of hydrogen-bond donors (Lipinski definition) is 0. The van der Waals surface area contributed by atoms with Crippen molar-refractivity contribution in [1.82, 2.24) is 0 Å². The molecule has 0 saturated heterocycles. The minimum Gasteiger partial charge on any atom is -0.487 e. The van der Waals surface area contributed by atoms with Crippen LogP contribution in [0.1, 0.15) is 98.3 Å². The van der Waals surface area contributed by atoms with Crippen molar-refractivity contribution in [2.75, 3.05) is 12.8 Å². The molecule has 1 aromatic rings. The molecule has 0 bridgehead atoms. The van der Waals surface area contributed by atoms with Crippen molar-refractivity contribution in [2.24, 2.45) is 0 Å². The van der Waals surface area contributed by atoms with E-state index in [9.17, 15) is 4.57 Å². The molecule has 1 aromatic carbocycles. The van der Waals surface area contributed by atoms with Gasteiger partial charge in [0.2, 0.25) is 0 Å². The normalized spacial score (nSPS) is 13.4. The van der Waals surface area contributed by atoms with Crippen LogP contribution < -0.4 is 9.26 Å². The highest BCUT2D eigenvalue weighted by molar-refractivity contribution is 7.54. The molecule has 0 amide bonds. The van der Waals surface area contributed by atoms with E-state index >= 15 is 0 Å². The Hall–Kier alpha value is -0.990. The van der Waals surface area contributed by atoms with Gasteiger partial charge >= 0.3 is 7.60 Å². The summed E-state index contributed by atoms with van der Waals surface area (Å²) in [6, 6.07) is 7.41. The Balaban J connectivity index is 2.45. The average molecular weight is 427 g/mol. The zero-order valence-electron chi connectivity index (χ0n) is 19.2. The van der Waals surface area contributed by atoms with E-state index in [2.05, 4.69) is 13.8 Å². The predicted octanol–water partition coefficient (Wildman–Crippen LogP) is 8.39. The molecule has 1 unspecified atom stereocenters. The molecular formula is C24H43O4P. The van der Waals surface area contributed by atoms with E-state index in [1.807, 2.05) is 32.0 Å². The van der Waals surface area contributed by atoms with Gasteiger partial charge in [-0.3, -0.25) is 4.52 Å². The molecule has 168 valence electrons. The summed E-state index contributed by atoms with van der Waals surface area (Å²) in [7, 11) is -3.18. The fourth-order valence-electron chi connectivity index (χ4n) is 3.13. The molecule has 0 N–H and O–H groups in total. The molecule has 0 heterocycles. The third-order valence-electron chi connectivity index (χ3n) is 4.77. The zero-order chi connectivity index (χ0) is 21.4. The zero-order valence-corrected chi connectivity index (χ0v) is 20.1. The summed E-state index contributed by atoms with van der Waals surface area (Å²) in [4.78, 5) is 0. The highest BCUT2D eigenvalue weighted by Gasteiger charge is 2.27. The van der Waals surface area contributed by atoms with Gasteiger partial charge in [0.05, 0.1) is 18.9 Å². The van der Waals surface area contributed by atoms with Gasteiger partial charge in [0.15, 0.2) is 11.5 Å². The van der Waals surface area contributed by atoms with Crippen molar-refractivity contribution >= 4 is 7.60 Å². The summed E-state index contributed by atoms with van der Waals surface area (Å²) < 4.78 is 30.9. The van der Waals surface area contributed by atoms with Gasteiger partial charge in [-0.15, -0.1) is 0 Å². The summed E-state index contributed by atoms with van der Waals surface area (Å²) in [5, 5.41) is 0. The van der Waals surface area contributed by atoms with Crippen molar-refractivity contribution in [2.45, 2.75) is 104 Å². The lowest BCUT2D eigenvalue weighted by atomic mass is 10.1. The van der Waals surface area contributed by atoms with E-state index in [1.165, 1.54) is 44.9 Å². The first-order valence-electron chi connectivity index (χ1n) is 11.7. The lowest BCUT2D eigenvalue weighted by Crippen LogP contribution is -2.08. The first-order valence-corrected chi connectivity index (χ1v) is 13.4. The molecule has 0 aliphatic rings. The van der Waals surface area contributed by atoms with Crippen LogP contribution in [-0.4, -0.2) is 18.9 Å². The molecule has 0 aliphatic heterocycles. The maximum atomic E-state index is 13.3. The molecule has 0 radical (unpaired) electrons. The molecule has 29 heavy (non-hydrogen) atoms. The fraction of sp³-hybridized carbons (Fsp3) is 0.750. The van der Waals surface area contributed by atoms with Gasteiger partial charge in [-0.1, -0.05) is 83.8 Å². The van der Waals surface area contributed by atoms with Crippen molar-refractivity contribution in [1.29, 1.82) is 0 Å². The standard InChI is InChI=1S/C24H43O4P/c1-5-7-9-10-11-12-13-14-17-20-26-29(25,21-8-6-2)28-24-19-16-15-18-23(24)27-22(3)4/h15-16,18-19,22H,5-14,17,20-21H2,1-4H3. The largest absolute Gasteiger partial charge is 0.487 e. The van der Waals surface area contributed by atoms with Crippen LogP contribution in [-0.2, 0) is 9.09 Å². The quantitative estimate of drug-likeness (QED) is 0.175. The summed E-state index contributed by atoms with van der Waals surface area (Å²) in [6.45, 7) is 8.76. The molecular weight excluding hydrogens is 383 g/mol. The number of benzene rings is 1. The minimum atomic E-state index is -3.18. The second-order valence-corrected chi connectivity index (χ2v) is 10.2. The highest BCUT2D eigenvalue weighted by atomic mass is 31.2. The Labute approximate surface area is 179 Å². The van der Waals surface area contributed by atoms with Gasteiger partial charge in [0, 0.05) is 0 Å². The van der Waals surface area contributed by atoms with Gasteiger partial charge in [-0.25, -0.2) is 4.57 Å². The van der Waals surface area contributed by atoms with E-state index in [0.717, 1.165) is 25.7 Å². The Morgan fingerprint density at radius 1 is 0.793 bits per heavy atom. The Bertz CT molecular complexity index is 574. The number of hydrogen-bond acceptors (Lipinski definition) is 4. The van der Waals surface area contributed by atoms with Gasteiger partial charge in [-0.2, -0.15) is 0 Å². The van der Waals surface area contributed by atoms with E-state index in [0.29, 0.717) is 24.3 Å². The van der Waals surface area contributed by atoms with Crippen LogP contribution in [0.5, 0.6) is 11.5 Å². The van der Waals surface area contributed by atoms with Crippen LogP contribution in [0.25, 0.3) is 0 Å². The van der Waals surface area contributed by atoms with E-state index in [4.69, 9.17) is 13.8 Å². The second kappa shape index (κ2) is 15.8. The third-order valence-corrected chi connectivity index (χ3v) is 6.69. The molecule has 0 aliphatic carbocycles. The first-order chi connectivity index (χ1) is 14.0. The van der Waals surface area contributed by atoms with Crippen molar-refractivity contribution in [3.63, 3.8) is 0 Å². The molecule has 0 spiro atoms. The third kappa shape index (κ3) is 12.3. The minimum absolute atomic E-state index is 0.0256. The van der Waals surface area contributed by atoms with E-state index < -0.39 is 7.60 Å². The predicted molar refractivity (Wildman–Crippen MR) is 123 cm³/mol. The van der Waals surface area contributed by atoms with Gasteiger partial charge in [0.1, 0.15) is 0 Å². The molecule has 1 atom stereocenters.